The molecule has 0 atom stereocenters. The van der Waals surface area contributed by atoms with E-state index in [0.29, 0.717) is 0 Å². The molecule has 3 nitrogen and oxygen atoms in total. The maximum atomic E-state index is 4.50. The zero-order valence-corrected chi connectivity index (χ0v) is 9.32. The van der Waals surface area contributed by atoms with Crippen molar-refractivity contribution < 1.29 is 0 Å². The average molecular weight is 199 g/mol. The van der Waals surface area contributed by atoms with Crippen LogP contribution < -0.4 is 10.2 Å². The number of anilines is 1. The molecule has 0 fully saturated rings. The van der Waals surface area contributed by atoms with Gasteiger partial charge in [0.25, 0.3) is 0 Å². The van der Waals surface area contributed by atoms with E-state index in [-0.39, 0.29) is 0 Å². The van der Waals surface area contributed by atoms with E-state index in [9.17, 15) is 0 Å². The van der Waals surface area contributed by atoms with Gasteiger partial charge in [-0.2, -0.15) is 0 Å². The van der Waals surface area contributed by atoms with E-state index in [1.54, 1.807) is 11.3 Å². The van der Waals surface area contributed by atoms with Crippen molar-refractivity contribution >= 4 is 16.5 Å². The predicted octanol–water partition coefficient (Wildman–Crippen LogP) is 1.36. The zero-order chi connectivity index (χ0) is 9.68. The molecule has 0 radical (unpaired) electrons. The summed E-state index contributed by atoms with van der Waals surface area (Å²) in [7, 11) is 4.04. The molecule has 1 aromatic heterocycles. The lowest BCUT2D eigenvalue weighted by Crippen LogP contribution is -2.26. The first-order valence-corrected chi connectivity index (χ1v) is 5.46. The van der Waals surface area contributed by atoms with E-state index in [1.807, 2.05) is 7.05 Å². The highest BCUT2D eigenvalue weighted by Crippen LogP contribution is 2.18. The number of likely N-dealkylation sites (N-methyl/N-ethyl adjacent to an activating group) is 2. The molecule has 1 N–H and O–H groups in total. The molecule has 0 saturated carbocycles. The van der Waals surface area contributed by atoms with E-state index in [0.717, 1.165) is 24.6 Å². The Morgan fingerprint density at radius 1 is 1.62 bits per heavy atom. The van der Waals surface area contributed by atoms with E-state index < -0.39 is 0 Å². The molecular formula is C9H17N3S. The summed E-state index contributed by atoms with van der Waals surface area (Å²) in [5.41, 5.74) is 1.19. The predicted molar refractivity (Wildman–Crippen MR) is 58.7 cm³/mol. The minimum atomic E-state index is 0.998. The van der Waals surface area contributed by atoms with Crippen molar-refractivity contribution in [2.45, 2.75) is 13.3 Å². The molecule has 0 bridgehead atoms. The Labute approximate surface area is 83.8 Å². The lowest BCUT2D eigenvalue weighted by molar-refractivity contribution is 0.765. The summed E-state index contributed by atoms with van der Waals surface area (Å²) < 4.78 is 0. The third-order valence-electron chi connectivity index (χ3n) is 1.93. The first-order chi connectivity index (χ1) is 6.27. The van der Waals surface area contributed by atoms with E-state index in [2.05, 4.69) is 34.6 Å². The third-order valence-corrected chi connectivity index (χ3v) is 2.93. The summed E-state index contributed by atoms with van der Waals surface area (Å²) in [6.45, 7) is 4.14. The van der Waals surface area contributed by atoms with Gasteiger partial charge in [-0.05, 0) is 13.5 Å². The van der Waals surface area contributed by atoms with Gasteiger partial charge in [0.15, 0.2) is 5.13 Å². The summed E-state index contributed by atoms with van der Waals surface area (Å²) in [4.78, 5) is 6.68. The Hall–Kier alpha value is -0.610. The number of nitrogens with one attached hydrogen (secondary N) is 1. The van der Waals surface area contributed by atoms with Gasteiger partial charge in [-0.15, -0.1) is 11.3 Å². The van der Waals surface area contributed by atoms with Crippen molar-refractivity contribution in [3.8, 4) is 0 Å². The van der Waals surface area contributed by atoms with Gasteiger partial charge in [0.05, 0.1) is 5.69 Å². The van der Waals surface area contributed by atoms with Crippen LogP contribution >= 0.6 is 11.3 Å². The van der Waals surface area contributed by atoms with Crippen LogP contribution in [-0.2, 0) is 6.42 Å². The lowest BCUT2D eigenvalue weighted by atomic mass is 10.4. The fraction of sp³-hybridized carbons (Fsp3) is 0.667. The van der Waals surface area contributed by atoms with Gasteiger partial charge in [0, 0.05) is 25.5 Å². The molecule has 13 heavy (non-hydrogen) atoms. The summed E-state index contributed by atoms with van der Waals surface area (Å²) in [6.07, 6.45) is 1.02. The van der Waals surface area contributed by atoms with E-state index in [4.69, 9.17) is 0 Å². The number of thiazole rings is 1. The highest BCUT2D eigenvalue weighted by molar-refractivity contribution is 7.13. The smallest absolute Gasteiger partial charge is 0.185 e. The molecular weight excluding hydrogens is 182 g/mol. The Bertz CT molecular complexity index is 247. The molecule has 1 heterocycles. The number of nitrogens with zero attached hydrogens (tertiary/aromatic N) is 2. The quantitative estimate of drug-likeness (QED) is 0.776. The molecule has 0 unspecified atom stereocenters. The minimum absolute atomic E-state index is 0.998. The van der Waals surface area contributed by atoms with E-state index in [1.165, 1.54) is 5.69 Å². The Balaban J connectivity index is 2.50. The largest absolute Gasteiger partial charge is 0.350 e. The van der Waals surface area contributed by atoms with Crippen molar-refractivity contribution in [2.24, 2.45) is 0 Å². The average Bonchev–Trinajstić information content (AvgIpc) is 2.62. The second-order valence-electron chi connectivity index (χ2n) is 3.00. The van der Waals surface area contributed by atoms with E-state index >= 15 is 0 Å². The van der Waals surface area contributed by atoms with Crippen LogP contribution in [0.2, 0.25) is 0 Å². The number of aromatic nitrogens is 1. The van der Waals surface area contributed by atoms with Gasteiger partial charge in [-0.3, -0.25) is 0 Å². The molecule has 0 amide bonds. The number of aryl methyl sites for hydroxylation is 1. The van der Waals surface area contributed by atoms with Crippen molar-refractivity contribution in [1.29, 1.82) is 0 Å². The Kier molecular flexibility index (Phi) is 4.18. The molecule has 1 rings (SSSR count). The van der Waals surface area contributed by atoms with Crippen molar-refractivity contribution in [2.75, 3.05) is 32.1 Å². The molecule has 0 aliphatic carbocycles. The Morgan fingerprint density at radius 3 is 2.92 bits per heavy atom. The SMILES string of the molecule is CCc1csc(N(C)CCNC)n1. The van der Waals surface area contributed by atoms with Gasteiger partial charge >= 0.3 is 0 Å². The maximum absolute atomic E-state index is 4.50. The van der Waals surface area contributed by atoms with Crippen LogP contribution in [0.25, 0.3) is 0 Å². The Morgan fingerprint density at radius 2 is 2.38 bits per heavy atom. The number of hydrogen-bond donors (Lipinski definition) is 1. The first kappa shape index (κ1) is 10.5. The fourth-order valence-corrected chi connectivity index (χ4v) is 1.91. The molecule has 74 valence electrons. The molecule has 0 aliphatic rings. The first-order valence-electron chi connectivity index (χ1n) is 4.58. The number of rotatable bonds is 5. The molecule has 1 aromatic rings. The number of hydrogen-bond acceptors (Lipinski definition) is 4. The van der Waals surface area contributed by atoms with Crippen LogP contribution in [0.15, 0.2) is 5.38 Å². The normalized spacial score (nSPS) is 10.4. The van der Waals surface area contributed by atoms with Gasteiger partial charge in [0.2, 0.25) is 0 Å². The van der Waals surface area contributed by atoms with Gasteiger partial charge in [-0.25, -0.2) is 4.98 Å². The van der Waals surface area contributed by atoms with Gasteiger partial charge < -0.3 is 10.2 Å². The van der Waals surface area contributed by atoms with Crippen molar-refractivity contribution in [3.05, 3.63) is 11.1 Å². The standard InChI is InChI=1S/C9H17N3S/c1-4-8-7-13-9(11-8)12(3)6-5-10-2/h7,10H,4-6H2,1-3H3. The minimum Gasteiger partial charge on any atom is -0.350 e. The molecule has 0 aromatic carbocycles. The van der Waals surface area contributed by atoms with Crippen molar-refractivity contribution in [3.63, 3.8) is 0 Å². The second kappa shape index (κ2) is 5.19. The fourth-order valence-electron chi connectivity index (χ4n) is 1.01. The van der Waals surface area contributed by atoms with Crippen LogP contribution in [-0.4, -0.2) is 32.2 Å². The summed E-state index contributed by atoms with van der Waals surface area (Å²) in [5.74, 6) is 0. The van der Waals surface area contributed by atoms with Crippen LogP contribution in [0.5, 0.6) is 0 Å². The van der Waals surface area contributed by atoms with Crippen LogP contribution in [0, 0.1) is 0 Å². The lowest BCUT2D eigenvalue weighted by Gasteiger charge is -2.14. The van der Waals surface area contributed by atoms with Crippen molar-refractivity contribution in [1.82, 2.24) is 10.3 Å². The highest BCUT2D eigenvalue weighted by Gasteiger charge is 2.04. The summed E-state index contributed by atoms with van der Waals surface area (Å²) in [6, 6.07) is 0. The van der Waals surface area contributed by atoms with Crippen LogP contribution in [0.3, 0.4) is 0 Å². The summed E-state index contributed by atoms with van der Waals surface area (Å²) >= 11 is 1.72. The summed E-state index contributed by atoms with van der Waals surface area (Å²) in [5, 5.41) is 6.37. The maximum Gasteiger partial charge on any atom is 0.185 e. The molecule has 0 saturated heterocycles. The van der Waals surface area contributed by atoms with Gasteiger partial charge in [-0.1, -0.05) is 6.92 Å². The second-order valence-corrected chi connectivity index (χ2v) is 3.84. The highest BCUT2D eigenvalue weighted by atomic mass is 32.1. The van der Waals surface area contributed by atoms with Gasteiger partial charge in [0.1, 0.15) is 0 Å². The van der Waals surface area contributed by atoms with Crippen LogP contribution in [0.4, 0.5) is 5.13 Å². The topological polar surface area (TPSA) is 28.2 Å². The monoisotopic (exact) mass is 199 g/mol. The van der Waals surface area contributed by atoms with Crippen LogP contribution in [0.1, 0.15) is 12.6 Å². The molecule has 4 heteroatoms. The zero-order valence-electron chi connectivity index (χ0n) is 8.50. The third kappa shape index (κ3) is 2.97. The molecule has 0 spiro atoms. The molecule has 0 aliphatic heterocycles.